The summed E-state index contributed by atoms with van der Waals surface area (Å²) in [7, 11) is 0. The van der Waals surface area contributed by atoms with E-state index < -0.39 is 235 Å². The molecular formula is C78H52O. The number of rotatable bonds is 7. The van der Waals surface area contributed by atoms with Crippen LogP contribution in [-0.2, 0) is 12.8 Å². The standard InChI is InChI=1S/C42H30.C36H22O/c1-3-13-33-25-30(20-21-31(33)11-1)27-42-39-18-7-5-16-37(39)41(38-17-6-8-19-40(38)42)26-29-10-9-15-34(24-29)36-23-22-32-12-2-4-14-35(32)28-36;1-2-12-24(13-3-1)33-26-15-6-8-17-28(26)34(29-18-9-7-16-27(29)33)30-19-10-20-32-35(30)31-22-21-23-11-4-5-14-25(23)36(31)37-32/h1-25,28H,26-27H2;1-22H/i1D,2D,3D,4D,5D,6D,7D,8D,9D,10D,11D,12D,13D,14D,15D,16D,17D,18D,19D,20D,21D,22D,23D,24D,25D,28D;. The molecule has 0 amide bonds. The minimum atomic E-state index is -0.910. The molecule has 0 fully saturated rings. The van der Waals surface area contributed by atoms with Crippen LogP contribution >= 0.6 is 0 Å². The Balaban J connectivity index is 0.000000199. The number of furan rings is 1. The summed E-state index contributed by atoms with van der Waals surface area (Å²) in [5.74, 6) is 0. The highest BCUT2D eigenvalue weighted by Crippen LogP contribution is 2.48. The van der Waals surface area contributed by atoms with E-state index in [1.165, 1.54) is 54.6 Å². The molecule has 16 aromatic rings. The third-order valence-electron chi connectivity index (χ3n) is 14.4. The van der Waals surface area contributed by atoms with Crippen LogP contribution in [0.4, 0.5) is 0 Å². The van der Waals surface area contributed by atoms with Gasteiger partial charge in [0, 0.05) is 16.2 Å². The summed E-state index contributed by atoms with van der Waals surface area (Å²) >= 11 is 0. The van der Waals surface area contributed by atoms with Crippen molar-refractivity contribution < 1.29 is 40.1 Å². The van der Waals surface area contributed by atoms with E-state index >= 15 is 0 Å². The van der Waals surface area contributed by atoms with Crippen LogP contribution in [0.3, 0.4) is 0 Å². The Morgan fingerprint density at radius 3 is 1.46 bits per heavy atom. The summed E-state index contributed by atoms with van der Waals surface area (Å²) in [6, 6.07) is 27.1. The van der Waals surface area contributed by atoms with Crippen LogP contribution in [0.5, 0.6) is 0 Å². The van der Waals surface area contributed by atoms with Crippen molar-refractivity contribution in [3.63, 3.8) is 0 Å². The van der Waals surface area contributed by atoms with Crippen LogP contribution in [0.1, 0.15) is 57.9 Å². The largest absolute Gasteiger partial charge is 0.455 e. The number of hydrogen-bond donors (Lipinski definition) is 0. The molecular weight excluding hydrogens is 953 g/mol. The van der Waals surface area contributed by atoms with Crippen molar-refractivity contribution in [3.8, 4) is 33.4 Å². The molecule has 0 unspecified atom stereocenters. The van der Waals surface area contributed by atoms with Gasteiger partial charge in [0.2, 0.25) is 0 Å². The maximum Gasteiger partial charge on any atom is 0.143 e. The molecule has 15 aromatic carbocycles. The minimum absolute atomic E-state index is 0.318. The number of hydrogen-bond acceptors (Lipinski definition) is 1. The fraction of sp³-hybridized carbons (Fsp3) is 0.0256. The van der Waals surface area contributed by atoms with Gasteiger partial charge in [0.1, 0.15) is 11.2 Å². The molecule has 0 aliphatic carbocycles. The van der Waals surface area contributed by atoms with Gasteiger partial charge in [-0.1, -0.05) is 272 Å². The molecule has 0 saturated carbocycles. The van der Waals surface area contributed by atoms with Gasteiger partial charge in [-0.05, 0) is 157 Å². The molecule has 0 bridgehead atoms. The Morgan fingerprint density at radius 1 is 0.291 bits per heavy atom. The van der Waals surface area contributed by atoms with E-state index in [2.05, 4.69) is 133 Å². The normalized spacial score (nSPS) is 16.3. The topological polar surface area (TPSA) is 13.1 Å². The van der Waals surface area contributed by atoms with E-state index in [-0.39, 0.29) is 11.1 Å². The lowest BCUT2D eigenvalue weighted by Gasteiger charge is -2.18. The second-order valence-electron chi connectivity index (χ2n) is 18.9. The SMILES string of the molecule is [2H]c1c([2H])c(Cc2c3c([2H])c([2H])c([2H])c([2H])c3c(Cc3c([2H])c([2H])c4c([2H])c([2H])c([2H])c([2H])c4c3[2H])c3c([2H])c([2H])c([2H])c([2H])c23)c([2H])c(-c2c([2H])c([2H])c3c([2H])c([2H])c([2H])c([2H])c3c2[2H])c1[2H].c1ccc(-c2c3ccccc3c(-c3cccc4oc5c6ccccc6ccc5c34)c3ccccc23)cc1. The van der Waals surface area contributed by atoms with Gasteiger partial charge >= 0.3 is 0 Å². The molecule has 16 rings (SSSR count). The monoisotopic (exact) mass is 1030 g/mol. The summed E-state index contributed by atoms with van der Waals surface area (Å²) < 4.78 is 235. The minimum Gasteiger partial charge on any atom is -0.455 e. The van der Waals surface area contributed by atoms with Crippen LogP contribution in [0, 0.1) is 0 Å². The second kappa shape index (κ2) is 19.5. The molecule has 0 aliphatic rings. The Labute approximate surface area is 495 Å². The zero-order valence-electron chi connectivity index (χ0n) is 67.5. The number of benzene rings is 15. The molecule has 370 valence electrons. The predicted molar refractivity (Wildman–Crippen MR) is 338 cm³/mol. The molecule has 1 aromatic heterocycles. The fourth-order valence-electron chi connectivity index (χ4n) is 11.0. The van der Waals surface area contributed by atoms with Crippen molar-refractivity contribution in [1.29, 1.82) is 0 Å². The van der Waals surface area contributed by atoms with Gasteiger partial charge in [0.15, 0.2) is 0 Å². The van der Waals surface area contributed by atoms with Crippen LogP contribution in [0.15, 0.2) is 295 Å². The highest BCUT2D eigenvalue weighted by molar-refractivity contribution is 6.27. The Morgan fingerprint density at radius 2 is 0.810 bits per heavy atom. The Kier molecular flexibility index (Phi) is 6.61. The first-order chi connectivity index (χ1) is 50.0. The Hall–Kier alpha value is -10.1. The summed E-state index contributed by atoms with van der Waals surface area (Å²) in [6.07, 6.45) is -1.65. The van der Waals surface area contributed by atoms with Crippen molar-refractivity contribution in [1.82, 2.24) is 0 Å². The lowest BCUT2D eigenvalue weighted by Crippen LogP contribution is -1.98. The summed E-state index contributed by atoms with van der Waals surface area (Å²) in [6.45, 7) is 0. The number of fused-ring (bicyclic) bond motifs is 11. The van der Waals surface area contributed by atoms with E-state index in [1.54, 1.807) is 0 Å². The summed E-state index contributed by atoms with van der Waals surface area (Å²) in [4.78, 5) is 0. The maximum atomic E-state index is 9.48. The van der Waals surface area contributed by atoms with Crippen molar-refractivity contribution in [2.75, 3.05) is 0 Å². The molecule has 79 heavy (non-hydrogen) atoms. The van der Waals surface area contributed by atoms with Gasteiger partial charge in [-0.25, -0.2) is 0 Å². The molecule has 0 atom stereocenters. The van der Waals surface area contributed by atoms with Gasteiger partial charge < -0.3 is 4.42 Å². The van der Waals surface area contributed by atoms with Crippen molar-refractivity contribution >= 4 is 97.3 Å². The average molecular weight is 1030 g/mol. The zero-order chi connectivity index (χ0) is 74.9. The second-order valence-corrected chi connectivity index (χ2v) is 18.9. The summed E-state index contributed by atoms with van der Waals surface area (Å²) in [5, 5.41) is 5.99. The fourth-order valence-corrected chi connectivity index (χ4v) is 11.0. The molecule has 0 saturated heterocycles. The summed E-state index contributed by atoms with van der Waals surface area (Å²) in [5.41, 5.74) is 3.86. The first-order valence-corrected chi connectivity index (χ1v) is 25.4. The van der Waals surface area contributed by atoms with Crippen LogP contribution < -0.4 is 0 Å². The van der Waals surface area contributed by atoms with Crippen LogP contribution in [-0.4, -0.2) is 0 Å². The van der Waals surface area contributed by atoms with Crippen molar-refractivity contribution in [2.45, 2.75) is 12.8 Å². The molecule has 1 nitrogen and oxygen atoms in total. The molecule has 0 aliphatic heterocycles. The average Bonchev–Trinajstić information content (AvgIpc) is 0.867. The zero-order valence-corrected chi connectivity index (χ0v) is 41.5. The van der Waals surface area contributed by atoms with Gasteiger partial charge in [-0.15, -0.1) is 0 Å². The van der Waals surface area contributed by atoms with Gasteiger partial charge in [-0.3, -0.25) is 0 Å². The van der Waals surface area contributed by atoms with Crippen LogP contribution in [0.2, 0.25) is 0 Å². The highest BCUT2D eigenvalue weighted by atomic mass is 16.3. The molecule has 1 heteroatoms. The van der Waals surface area contributed by atoms with E-state index in [0.29, 0.717) is 0 Å². The van der Waals surface area contributed by atoms with Crippen molar-refractivity contribution in [2.24, 2.45) is 0 Å². The molecule has 0 spiro atoms. The Bertz CT molecular complexity index is 6470. The van der Waals surface area contributed by atoms with E-state index in [1.807, 2.05) is 0 Å². The lowest BCUT2D eigenvalue weighted by atomic mass is 9.85. The van der Waals surface area contributed by atoms with Gasteiger partial charge in [0.25, 0.3) is 0 Å². The van der Waals surface area contributed by atoms with E-state index in [4.69, 9.17) is 31.8 Å². The van der Waals surface area contributed by atoms with Crippen LogP contribution in [0.25, 0.3) is 131 Å². The first kappa shape index (κ1) is 26.8. The van der Waals surface area contributed by atoms with E-state index in [0.717, 1.165) is 21.9 Å². The van der Waals surface area contributed by atoms with Crippen molar-refractivity contribution in [3.05, 3.63) is 313 Å². The quantitative estimate of drug-likeness (QED) is 0.145. The maximum absolute atomic E-state index is 9.48. The predicted octanol–water partition coefficient (Wildman–Crippen LogP) is 21.5. The first-order valence-electron chi connectivity index (χ1n) is 38.4. The van der Waals surface area contributed by atoms with Gasteiger partial charge in [-0.2, -0.15) is 0 Å². The third kappa shape index (κ3) is 8.18. The third-order valence-corrected chi connectivity index (χ3v) is 14.4. The molecule has 0 radical (unpaired) electrons. The van der Waals surface area contributed by atoms with E-state index in [9.17, 15) is 8.22 Å². The lowest BCUT2D eigenvalue weighted by molar-refractivity contribution is 0.673. The highest BCUT2D eigenvalue weighted by Gasteiger charge is 2.21. The molecule has 1 heterocycles. The smallest absolute Gasteiger partial charge is 0.143 e. The molecule has 0 N–H and O–H groups in total. The van der Waals surface area contributed by atoms with Gasteiger partial charge in [0.05, 0.1) is 35.6 Å².